The molecule has 17 heavy (non-hydrogen) atoms. The molecule has 2 atom stereocenters. The molecule has 0 aliphatic rings. The summed E-state index contributed by atoms with van der Waals surface area (Å²) in [6.45, 7) is 3.90. The highest BCUT2D eigenvalue weighted by Crippen LogP contribution is 2.20. The first-order valence-electron chi connectivity index (χ1n) is 5.47. The van der Waals surface area contributed by atoms with Crippen molar-refractivity contribution in [3.63, 3.8) is 0 Å². The number of hydrogen-bond acceptors (Lipinski definition) is 2. The van der Waals surface area contributed by atoms with E-state index in [1.807, 2.05) is 13.8 Å². The summed E-state index contributed by atoms with van der Waals surface area (Å²) in [5.41, 5.74) is 6.32. The Balaban J connectivity index is 2.71. The van der Waals surface area contributed by atoms with Crippen molar-refractivity contribution in [2.45, 2.75) is 26.3 Å². The second-order valence-corrected chi connectivity index (χ2v) is 4.88. The van der Waals surface area contributed by atoms with Crippen molar-refractivity contribution in [2.75, 3.05) is 5.32 Å². The first-order valence-corrected chi connectivity index (χ1v) is 6.26. The third kappa shape index (κ3) is 3.78. The van der Waals surface area contributed by atoms with Crippen LogP contribution in [0.4, 0.5) is 10.1 Å². The minimum absolute atomic E-state index is 0.110. The molecular weight excluding hydrogens is 287 g/mol. The van der Waals surface area contributed by atoms with Crippen molar-refractivity contribution in [3.05, 3.63) is 28.5 Å². The van der Waals surface area contributed by atoms with Crippen molar-refractivity contribution in [1.82, 2.24) is 0 Å². The fraction of sp³-hybridized carbons (Fsp3) is 0.417. The van der Waals surface area contributed by atoms with E-state index >= 15 is 0 Å². The minimum atomic E-state index is -0.552. The number of benzene rings is 1. The van der Waals surface area contributed by atoms with E-state index in [0.717, 1.165) is 6.42 Å². The van der Waals surface area contributed by atoms with E-state index in [2.05, 4.69) is 21.2 Å². The van der Waals surface area contributed by atoms with E-state index in [1.54, 1.807) is 0 Å². The average Bonchev–Trinajstić information content (AvgIpc) is 2.31. The van der Waals surface area contributed by atoms with Crippen molar-refractivity contribution >= 4 is 27.5 Å². The molecule has 5 heteroatoms. The minimum Gasteiger partial charge on any atom is -0.325 e. The molecular formula is C12H16BrFN2O. The third-order valence-corrected chi connectivity index (χ3v) is 3.35. The van der Waals surface area contributed by atoms with E-state index in [9.17, 15) is 9.18 Å². The number of rotatable bonds is 4. The molecule has 0 radical (unpaired) electrons. The molecule has 0 aromatic heterocycles. The topological polar surface area (TPSA) is 55.1 Å². The zero-order valence-electron chi connectivity index (χ0n) is 9.84. The fourth-order valence-corrected chi connectivity index (χ4v) is 1.69. The zero-order chi connectivity index (χ0) is 13.0. The van der Waals surface area contributed by atoms with E-state index < -0.39 is 6.04 Å². The molecule has 0 saturated carbocycles. The lowest BCUT2D eigenvalue weighted by Crippen LogP contribution is -2.40. The second-order valence-electron chi connectivity index (χ2n) is 4.03. The largest absolute Gasteiger partial charge is 0.325 e. The van der Waals surface area contributed by atoms with Gasteiger partial charge in [-0.2, -0.15) is 0 Å². The molecule has 1 aromatic carbocycles. The maximum absolute atomic E-state index is 13.0. The molecule has 0 unspecified atom stereocenters. The van der Waals surface area contributed by atoms with Crippen molar-refractivity contribution < 1.29 is 9.18 Å². The van der Waals surface area contributed by atoms with Gasteiger partial charge < -0.3 is 11.1 Å². The molecule has 3 N–H and O–H groups in total. The number of nitrogens with two attached hydrogens (primary N) is 1. The summed E-state index contributed by atoms with van der Waals surface area (Å²) in [6.07, 6.45) is 0.835. The standard InChI is InChI=1S/C12H16BrFN2O/c1-3-7(2)11(15)12(17)16-8-4-5-10(14)9(13)6-8/h4-7,11H,3,15H2,1-2H3,(H,16,17)/t7-,11-/m0/s1. The van der Waals surface area contributed by atoms with Gasteiger partial charge in [-0.25, -0.2) is 4.39 Å². The van der Waals surface area contributed by atoms with Crippen molar-refractivity contribution in [1.29, 1.82) is 0 Å². The summed E-state index contributed by atoms with van der Waals surface area (Å²) in [5, 5.41) is 2.66. The van der Waals surface area contributed by atoms with Crippen LogP contribution in [0.1, 0.15) is 20.3 Å². The highest BCUT2D eigenvalue weighted by molar-refractivity contribution is 9.10. The summed E-state index contributed by atoms with van der Waals surface area (Å²) in [4.78, 5) is 11.8. The molecule has 0 aliphatic heterocycles. The predicted octanol–water partition coefficient (Wildman–Crippen LogP) is 2.90. The quantitative estimate of drug-likeness (QED) is 0.898. The summed E-state index contributed by atoms with van der Waals surface area (Å²) < 4.78 is 13.3. The van der Waals surface area contributed by atoms with Crippen LogP contribution in [-0.4, -0.2) is 11.9 Å². The Bertz CT molecular complexity index is 411. The fourth-order valence-electron chi connectivity index (χ4n) is 1.31. The molecule has 1 rings (SSSR count). The number of carbonyl (C=O) groups is 1. The van der Waals surface area contributed by atoms with Crippen LogP contribution in [0.2, 0.25) is 0 Å². The second kappa shape index (κ2) is 6.12. The van der Waals surface area contributed by atoms with Crippen LogP contribution in [0.3, 0.4) is 0 Å². The maximum atomic E-state index is 13.0. The lowest BCUT2D eigenvalue weighted by Gasteiger charge is -2.17. The van der Waals surface area contributed by atoms with Gasteiger partial charge in [-0.15, -0.1) is 0 Å². The van der Waals surface area contributed by atoms with Crippen LogP contribution in [0.5, 0.6) is 0 Å². The van der Waals surface area contributed by atoms with Gasteiger partial charge in [0.1, 0.15) is 5.82 Å². The van der Waals surface area contributed by atoms with Gasteiger partial charge in [0.2, 0.25) is 5.91 Å². The van der Waals surface area contributed by atoms with Gasteiger partial charge in [0.25, 0.3) is 0 Å². The SMILES string of the molecule is CC[C@H](C)[C@H](N)C(=O)Nc1ccc(F)c(Br)c1. The number of amides is 1. The van der Waals surface area contributed by atoms with Crippen molar-refractivity contribution in [3.8, 4) is 0 Å². The molecule has 3 nitrogen and oxygen atoms in total. The molecule has 0 heterocycles. The van der Waals surface area contributed by atoms with Crippen LogP contribution >= 0.6 is 15.9 Å². The van der Waals surface area contributed by atoms with Crippen LogP contribution in [0, 0.1) is 11.7 Å². The Morgan fingerprint density at radius 1 is 1.59 bits per heavy atom. The number of carbonyl (C=O) groups excluding carboxylic acids is 1. The lowest BCUT2D eigenvalue weighted by molar-refractivity contribution is -0.118. The number of hydrogen-bond donors (Lipinski definition) is 2. The Morgan fingerprint density at radius 3 is 2.76 bits per heavy atom. The number of anilines is 1. The highest BCUT2D eigenvalue weighted by Gasteiger charge is 2.19. The number of nitrogens with one attached hydrogen (secondary N) is 1. The van der Waals surface area contributed by atoms with Gasteiger partial charge in [0.05, 0.1) is 10.5 Å². The van der Waals surface area contributed by atoms with E-state index in [-0.39, 0.29) is 17.6 Å². The third-order valence-electron chi connectivity index (χ3n) is 2.75. The van der Waals surface area contributed by atoms with E-state index in [0.29, 0.717) is 10.2 Å². The number of halogens is 2. The first kappa shape index (κ1) is 14.1. The molecule has 0 bridgehead atoms. The van der Waals surface area contributed by atoms with Gasteiger partial charge in [-0.05, 0) is 40.0 Å². The van der Waals surface area contributed by atoms with Gasteiger partial charge in [-0.1, -0.05) is 20.3 Å². The summed E-state index contributed by atoms with van der Waals surface area (Å²) >= 11 is 3.06. The molecule has 0 fully saturated rings. The average molecular weight is 303 g/mol. The molecule has 1 amide bonds. The van der Waals surface area contributed by atoms with Crippen LogP contribution < -0.4 is 11.1 Å². The lowest BCUT2D eigenvalue weighted by atomic mass is 9.99. The summed E-state index contributed by atoms with van der Waals surface area (Å²) in [7, 11) is 0. The monoisotopic (exact) mass is 302 g/mol. The Hall–Kier alpha value is -0.940. The smallest absolute Gasteiger partial charge is 0.241 e. The normalized spacial score (nSPS) is 14.2. The van der Waals surface area contributed by atoms with Gasteiger partial charge in [0, 0.05) is 5.69 Å². The van der Waals surface area contributed by atoms with Crippen LogP contribution in [-0.2, 0) is 4.79 Å². The summed E-state index contributed by atoms with van der Waals surface area (Å²) in [6, 6.07) is 3.75. The van der Waals surface area contributed by atoms with Crippen LogP contribution in [0.15, 0.2) is 22.7 Å². The maximum Gasteiger partial charge on any atom is 0.241 e. The predicted molar refractivity (Wildman–Crippen MR) is 70.2 cm³/mol. The zero-order valence-corrected chi connectivity index (χ0v) is 11.4. The summed E-state index contributed by atoms with van der Waals surface area (Å²) in [5.74, 6) is -0.508. The molecule has 0 aliphatic carbocycles. The van der Waals surface area contributed by atoms with E-state index in [1.165, 1.54) is 18.2 Å². The molecule has 94 valence electrons. The molecule has 0 spiro atoms. The first-order chi connectivity index (χ1) is 7.95. The molecule has 1 aromatic rings. The van der Waals surface area contributed by atoms with Gasteiger partial charge in [-0.3, -0.25) is 4.79 Å². The highest BCUT2D eigenvalue weighted by atomic mass is 79.9. The Labute approximate surface area is 109 Å². The Kier molecular flexibility index (Phi) is 5.08. The van der Waals surface area contributed by atoms with E-state index in [4.69, 9.17) is 5.73 Å². The van der Waals surface area contributed by atoms with Gasteiger partial charge >= 0.3 is 0 Å². The van der Waals surface area contributed by atoms with Crippen molar-refractivity contribution in [2.24, 2.45) is 11.7 Å². The van der Waals surface area contributed by atoms with Crippen LogP contribution in [0.25, 0.3) is 0 Å². The van der Waals surface area contributed by atoms with Gasteiger partial charge in [0.15, 0.2) is 0 Å². The molecule has 0 saturated heterocycles. The Morgan fingerprint density at radius 2 is 2.24 bits per heavy atom.